The molecule has 0 spiro atoms. The molecule has 1 rings (SSSR count). The number of hydrogen-bond donors (Lipinski definition) is 1. The third-order valence-electron chi connectivity index (χ3n) is 2.21. The number of rotatable bonds is 7. The average molecular weight is 280 g/mol. The summed E-state index contributed by atoms with van der Waals surface area (Å²) >= 11 is 5.97. The second-order valence-corrected chi connectivity index (χ2v) is 4.56. The van der Waals surface area contributed by atoms with Crippen molar-refractivity contribution in [2.24, 2.45) is 0 Å². The summed E-state index contributed by atoms with van der Waals surface area (Å²) in [5.41, 5.74) is 1.78. The quantitative estimate of drug-likeness (QED) is 0.473. The van der Waals surface area contributed by atoms with Crippen LogP contribution in [0.4, 0.5) is 0 Å². The van der Waals surface area contributed by atoms with Gasteiger partial charge in [-0.15, -0.1) is 0 Å². The van der Waals surface area contributed by atoms with Gasteiger partial charge in [0, 0.05) is 17.6 Å². The molecule has 0 atom stereocenters. The molecule has 0 radical (unpaired) electrons. The average Bonchev–Trinajstić information content (AvgIpc) is 2.37. The van der Waals surface area contributed by atoms with Crippen molar-refractivity contribution in [2.75, 3.05) is 19.8 Å². The van der Waals surface area contributed by atoms with Crippen LogP contribution in [0.15, 0.2) is 42.5 Å². The highest BCUT2D eigenvalue weighted by atomic mass is 35.5. The summed E-state index contributed by atoms with van der Waals surface area (Å²) in [6.45, 7) is 7.08. The summed E-state index contributed by atoms with van der Waals surface area (Å²) in [5, 5.41) is 3.34. The van der Waals surface area contributed by atoms with E-state index in [2.05, 4.69) is 11.9 Å². The molecule has 0 aliphatic rings. The normalized spacial score (nSPS) is 10.6. The minimum Gasteiger partial charge on any atom is -0.375 e. The molecule has 0 aliphatic heterocycles. The van der Waals surface area contributed by atoms with Crippen LogP contribution in [0.1, 0.15) is 12.5 Å². The van der Waals surface area contributed by atoms with Crippen LogP contribution in [0, 0.1) is 0 Å². The molecule has 0 saturated heterocycles. The van der Waals surface area contributed by atoms with Crippen molar-refractivity contribution in [3.05, 3.63) is 53.1 Å². The van der Waals surface area contributed by atoms with Crippen LogP contribution in [0.2, 0.25) is 5.02 Å². The first kappa shape index (κ1) is 15.5. The smallest absolute Gasteiger partial charge is 0.244 e. The Hall–Kier alpha value is -1.58. The van der Waals surface area contributed by atoms with Gasteiger partial charge < -0.3 is 10.1 Å². The number of halogens is 1. The number of carbonyl (C=O) groups is 1. The van der Waals surface area contributed by atoms with Gasteiger partial charge >= 0.3 is 0 Å². The molecular formula is C15H18ClNO2. The van der Waals surface area contributed by atoms with Crippen molar-refractivity contribution < 1.29 is 9.53 Å². The number of benzene rings is 1. The first-order chi connectivity index (χ1) is 9.09. The number of carbonyl (C=O) groups excluding carboxylic acids is 1. The van der Waals surface area contributed by atoms with Crippen molar-refractivity contribution in [1.29, 1.82) is 0 Å². The van der Waals surface area contributed by atoms with Gasteiger partial charge in [0.05, 0.1) is 13.2 Å². The molecule has 102 valence electrons. The van der Waals surface area contributed by atoms with E-state index >= 15 is 0 Å². The van der Waals surface area contributed by atoms with Gasteiger partial charge in [0.15, 0.2) is 0 Å². The van der Waals surface area contributed by atoms with E-state index in [-0.39, 0.29) is 5.91 Å². The van der Waals surface area contributed by atoms with Crippen molar-refractivity contribution in [2.45, 2.75) is 6.92 Å². The lowest BCUT2D eigenvalue weighted by Gasteiger charge is -2.04. The zero-order valence-electron chi connectivity index (χ0n) is 11.0. The third kappa shape index (κ3) is 6.79. The molecule has 19 heavy (non-hydrogen) atoms. The van der Waals surface area contributed by atoms with Crippen LogP contribution >= 0.6 is 11.6 Å². The van der Waals surface area contributed by atoms with E-state index in [0.717, 1.165) is 11.1 Å². The maximum Gasteiger partial charge on any atom is 0.244 e. The minimum atomic E-state index is -0.168. The lowest BCUT2D eigenvalue weighted by Crippen LogP contribution is -2.25. The maximum absolute atomic E-state index is 11.5. The van der Waals surface area contributed by atoms with Gasteiger partial charge in [-0.05, 0) is 24.6 Å². The molecule has 1 N–H and O–H groups in total. The first-order valence-electron chi connectivity index (χ1n) is 6.02. The summed E-state index contributed by atoms with van der Waals surface area (Å²) in [4.78, 5) is 11.5. The molecule has 0 bridgehead atoms. The molecule has 0 aromatic heterocycles. The fraction of sp³-hybridized carbons (Fsp3) is 0.267. The van der Waals surface area contributed by atoms with Crippen molar-refractivity contribution in [3.8, 4) is 0 Å². The molecule has 1 amide bonds. The summed E-state index contributed by atoms with van der Waals surface area (Å²) in [6, 6.07) is 7.35. The first-order valence-corrected chi connectivity index (χ1v) is 6.40. The highest BCUT2D eigenvalue weighted by Gasteiger charge is 1.97. The lowest BCUT2D eigenvalue weighted by molar-refractivity contribution is -0.116. The fourth-order valence-corrected chi connectivity index (χ4v) is 1.53. The van der Waals surface area contributed by atoms with Gasteiger partial charge in [-0.2, -0.15) is 0 Å². The summed E-state index contributed by atoms with van der Waals surface area (Å²) in [5.74, 6) is -0.168. The second-order valence-electron chi connectivity index (χ2n) is 4.16. The molecule has 0 fully saturated rings. The Morgan fingerprint density at radius 1 is 1.47 bits per heavy atom. The summed E-state index contributed by atoms with van der Waals surface area (Å²) < 4.78 is 5.27. The molecule has 0 saturated carbocycles. The van der Waals surface area contributed by atoms with Crippen LogP contribution in [-0.2, 0) is 9.53 Å². The number of ether oxygens (including phenoxy) is 1. The number of hydrogen-bond acceptors (Lipinski definition) is 2. The van der Waals surface area contributed by atoms with Crippen LogP contribution < -0.4 is 5.32 Å². The van der Waals surface area contributed by atoms with Gasteiger partial charge in [-0.1, -0.05) is 42.0 Å². The van der Waals surface area contributed by atoms with Gasteiger partial charge in [0.2, 0.25) is 5.91 Å². The van der Waals surface area contributed by atoms with E-state index in [4.69, 9.17) is 16.3 Å². The Morgan fingerprint density at radius 2 is 2.21 bits per heavy atom. The maximum atomic E-state index is 11.5. The van der Waals surface area contributed by atoms with Gasteiger partial charge in [0.25, 0.3) is 0 Å². The molecule has 0 aliphatic carbocycles. The number of nitrogens with one attached hydrogen (secondary N) is 1. The Bertz CT molecular complexity index is 469. The van der Waals surface area contributed by atoms with E-state index in [1.165, 1.54) is 6.08 Å². The van der Waals surface area contributed by atoms with Crippen molar-refractivity contribution in [1.82, 2.24) is 5.32 Å². The Labute approximate surface area is 118 Å². The highest BCUT2D eigenvalue weighted by molar-refractivity contribution is 6.32. The topological polar surface area (TPSA) is 38.3 Å². The predicted octanol–water partition coefficient (Wildman–Crippen LogP) is 3.06. The SMILES string of the molecule is C=C(C)COCCNC(=O)/C=C/c1ccccc1Cl. The Balaban J connectivity index is 2.28. The highest BCUT2D eigenvalue weighted by Crippen LogP contribution is 2.15. The minimum absolute atomic E-state index is 0.168. The van der Waals surface area contributed by atoms with Crippen molar-refractivity contribution >= 4 is 23.6 Å². The molecule has 1 aromatic carbocycles. The molecule has 0 unspecified atom stereocenters. The zero-order valence-corrected chi connectivity index (χ0v) is 11.7. The van der Waals surface area contributed by atoms with E-state index in [1.807, 2.05) is 25.1 Å². The van der Waals surface area contributed by atoms with Gasteiger partial charge in [-0.25, -0.2) is 0 Å². The zero-order chi connectivity index (χ0) is 14.1. The van der Waals surface area contributed by atoms with E-state index in [1.54, 1.807) is 12.1 Å². The summed E-state index contributed by atoms with van der Waals surface area (Å²) in [7, 11) is 0. The van der Waals surface area contributed by atoms with E-state index in [0.29, 0.717) is 24.8 Å². The van der Waals surface area contributed by atoms with Crippen molar-refractivity contribution in [3.63, 3.8) is 0 Å². The fourth-order valence-electron chi connectivity index (χ4n) is 1.33. The second kappa shape index (κ2) is 8.51. The van der Waals surface area contributed by atoms with Crippen LogP contribution in [0.25, 0.3) is 6.08 Å². The monoisotopic (exact) mass is 279 g/mol. The molecule has 3 nitrogen and oxygen atoms in total. The number of amides is 1. The van der Waals surface area contributed by atoms with Crippen LogP contribution in [-0.4, -0.2) is 25.7 Å². The molecular weight excluding hydrogens is 262 g/mol. The molecule has 0 heterocycles. The predicted molar refractivity (Wildman–Crippen MR) is 79.1 cm³/mol. The third-order valence-corrected chi connectivity index (χ3v) is 2.56. The largest absolute Gasteiger partial charge is 0.375 e. The van der Waals surface area contributed by atoms with E-state index in [9.17, 15) is 4.79 Å². The van der Waals surface area contributed by atoms with E-state index < -0.39 is 0 Å². The van der Waals surface area contributed by atoms with Gasteiger partial charge in [0.1, 0.15) is 0 Å². The van der Waals surface area contributed by atoms with Crippen LogP contribution in [0.5, 0.6) is 0 Å². The van der Waals surface area contributed by atoms with Gasteiger partial charge in [-0.3, -0.25) is 4.79 Å². The summed E-state index contributed by atoms with van der Waals surface area (Å²) in [6.07, 6.45) is 3.15. The standard InChI is InChI=1S/C15H18ClNO2/c1-12(2)11-19-10-9-17-15(18)8-7-13-5-3-4-6-14(13)16/h3-8H,1,9-11H2,2H3,(H,17,18)/b8-7+. The molecule has 1 aromatic rings. The lowest BCUT2D eigenvalue weighted by atomic mass is 10.2. The Kier molecular flexibility index (Phi) is 6.93. The van der Waals surface area contributed by atoms with Crippen LogP contribution in [0.3, 0.4) is 0 Å². The molecule has 4 heteroatoms. The Morgan fingerprint density at radius 3 is 2.89 bits per heavy atom.